The maximum absolute atomic E-state index is 13.2. The second-order valence-corrected chi connectivity index (χ2v) is 10.3. The van der Waals surface area contributed by atoms with E-state index in [2.05, 4.69) is 20.6 Å². The number of hydrogen-bond acceptors (Lipinski definition) is 6. The molecule has 2 heterocycles. The van der Waals surface area contributed by atoms with Gasteiger partial charge in [-0.05, 0) is 47.2 Å². The van der Waals surface area contributed by atoms with Crippen LogP contribution in [0.1, 0.15) is 53.4 Å². The van der Waals surface area contributed by atoms with Crippen molar-refractivity contribution in [2.75, 3.05) is 0 Å². The molecule has 216 valence electrons. The molecule has 42 heavy (non-hydrogen) atoms. The summed E-state index contributed by atoms with van der Waals surface area (Å²) in [4.78, 5) is 45.8. The summed E-state index contributed by atoms with van der Waals surface area (Å²) in [6, 6.07) is 19.6. The number of aromatic amines is 1. The van der Waals surface area contributed by atoms with Gasteiger partial charge in [-0.25, -0.2) is 0 Å². The van der Waals surface area contributed by atoms with E-state index in [0.717, 1.165) is 16.7 Å². The van der Waals surface area contributed by atoms with Gasteiger partial charge in [0.15, 0.2) is 11.7 Å². The number of H-pyrrole nitrogens is 1. The van der Waals surface area contributed by atoms with Crippen LogP contribution in [0.15, 0.2) is 85.2 Å². The normalized spacial score (nSPS) is 12.7. The Hall–Kier alpha value is -5.18. The molecule has 0 aliphatic carbocycles. The maximum atomic E-state index is 13.2. The summed E-state index contributed by atoms with van der Waals surface area (Å²) >= 11 is 0. The molecule has 0 aliphatic heterocycles. The van der Waals surface area contributed by atoms with E-state index in [1.54, 1.807) is 44.4 Å². The monoisotopic (exact) mass is 566 g/mol. The number of pyridine rings is 1. The molecule has 2 amide bonds. The standard InChI is InChI=1S/C33H34N4O5/c1-20(2)30(31(40)29-21(3)32(41)37-33(29)42)36-28(39)18-26(25-10-7-17-34-19-25)35-27(38)16-13-22-11-14-24(15-12-22)23-8-5-4-6-9-23/h4-17,19-20,26,30,37,41-42H,18H2,1-3H3,(H,35,38)(H,36,39)/t26?,30-/m0/s1. The van der Waals surface area contributed by atoms with Crippen molar-refractivity contribution < 1.29 is 24.6 Å². The fraction of sp³-hybridized carbons (Fsp3) is 0.212. The van der Waals surface area contributed by atoms with Crippen LogP contribution in [0.3, 0.4) is 0 Å². The van der Waals surface area contributed by atoms with E-state index < -0.39 is 35.6 Å². The van der Waals surface area contributed by atoms with Gasteiger partial charge in [-0.3, -0.25) is 24.4 Å². The first-order valence-corrected chi connectivity index (χ1v) is 13.6. The Balaban J connectivity index is 1.45. The smallest absolute Gasteiger partial charge is 0.244 e. The number of Topliss-reactive ketones (excluding diaryl/α,β-unsaturated/α-hetero) is 1. The lowest BCUT2D eigenvalue weighted by molar-refractivity contribution is -0.123. The second-order valence-electron chi connectivity index (χ2n) is 10.3. The van der Waals surface area contributed by atoms with Crippen molar-refractivity contribution in [3.63, 3.8) is 0 Å². The molecule has 0 saturated heterocycles. The topological polar surface area (TPSA) is 144 Å². The molecule has 0 bridgehead atoms. The van der Waals surface area contributed by atoms with Crippen LogP contribution in [0, 0.1) is 12.8 Å². The van der Waals surface area contributed by atoms with Crippen LogP contribution in [-0.2, 0) is 9.59 Å². The molecule has 2 aromatic carbocycles. The van der Waals surface area contributed by atoms with Crippen LogP contribution in [0.25, 0.3) is 17.2 Å². The molecule has 4 aromatic rings. The van der Waals surface area contributed by atoms with Crippen LogP contribution >= 0.6 is 0 Å². The van der Waals surface area contributed by atoms with E-state index in [-0.39, 0.29) is 29.3 Å². The van der Waals surface area contributed by atoms with Crippen molar-refractivity contribution in [3.8, 4) is 22.9 Å². The molecule has 9 heteroatoms. The van der Waals surface area contributed by atoms with Gasteiger partial charge in [0, 0.05) is 24.0 Å². The van der Waals surface area contributed by atoms with Gasteiger partial charge in [-0.2, -0.15) is 0 Å². The summed E-state index contributed by atoms with van der Waals surface area (Å²) in [5.41, 5.74) is 3.75. The number of nitrogens with one attached hydrogen (secondary N) is 3. The van der Waals surface area contributed by atoms with Crippen molar-refractivity contribution in [1.82, 2.24) is 20.6 Å². The number of ketones is 1. The van der Waals surface area contributed by atoms with Gasteiger partial charge in [0.05, 0.1) is 24.1 Å². The van der Waals surface area contributed by atoms with Crippen LogP contribution in [0.4, 0.5) is 0 Å². The lowest BCUT2D eigenvalue weighted by Crippen LogP contribution is -2.45. The van der Waals surface area contributed by atoms with Gasteiger partial charge in [0.1, 0.15) is 0 Å². The van der Waals surface area contributed by atoms with Gasteiger partial charge < -0.3 is 20.8 Å². The van der Waals surface area contributed by atoms with Crippen molar-refractivity contribution >= 4 is 23.7 Å². The molecule has 0 aliphatic rings. The minimum Gasteiger partial charge on any atom is -0.494 e. The average molecular weight is 567 g/mol. The van der Waals surface area contributed by atoms with E-state index in [1.807, 2.05) is 54.6 Å². The molecular formula is C33H34N4O5. The Morgan fingerprint density at radius 1 is 0.905 bits per heavy atom. The van der Waals surface area contributed by atoms with E-state index in [9.17, 15) is 24.6 Å². The lowest BCUT2D eigenvalue weighted by atomic mass is 9.93. The first-order chi connectivity index (χ1) is 20.1. The van der Waals surface area contributed by atoms with E-state index in [4.69, 9.17) is 0 Å². The van der Waals surface area contributed by atoms with Crippen molar-refractivity contribution in [2.45, 2.75) is 39.3 Å². The summed E-state index contributed by atoms with van der Waals surface area (Å²) in [7, 11) is 0. The zero-order valence-corrected chi connectivity index (χ0v) is 23.7. The molecule has 0 radical (unpaired) electrons. The highest BCUT2D eigenvalue weighted by Gasteiger charge is 2.31. The van der Waals surface area contributed by atoms with Crippen molar-refractivity contribution in [2.24, 2.45) is 5.92 Å². The molecule has 0 spiro atoms. The maximum Gasteiger partial charge on any atom is 0.244 e. The van der Waals surface area contributed by atoms with Gasteiger partial charge in [-0.15, -0.1) is 0 Å². The number of rotatable bonds is 11. The van der Waals surface area contributed by atoms with E-state index in [1.165, 1.54) is 13.0 Å². The summed E-state index contributed by atoms with van der Waals surface area (Å²) in [6.45, 7) is 5.02. The highest BCUT2D eigenvalue weighted by molar-refractivity contribution is 6.05. The minimum absolute atomic E-state index is 0.0782. The Bertz CT molecular complexity index is 1560. The molecule has 2 aromatic heterocycles. The molecule has 9 nitrogen and oxygen atoms in total. The van der Waals surface area contributed by atoms with Gasteiger partial charge >= 0.3 is 0 Å². The number of aromatic hydroxyl groups is 2. The minimum atomic E-state index is -0.971. The first kappa shape index (κ1) is 29.8. The number of nitrogens with zero attached hydrogens (tertiary/aromatic N) is 1. The Morgan fingerprint density at radius 2 is 1.60 bits per heavy atom. The third-order valence-corrected chi connectivity index (χ3v) is 6.95. The average Bonchev–Trinajstić information content (AvgIpc) is 3.25. The van der Waals surface area contributed by atoms with E-state index >= 15 is 0 Å². The lowest BCUT2D eigenvalue weighted by Gasteiger charge is -2.23. The number of amides is 2. The van der Waals surface area contributed by atoms with Crippen LogP contribution in [0.2, 0.25) is 0 Å². The van der Waals surface area contributed by atoms with Gasteiger partial charge in [-0.1, -0.05) is 74.5 Å². The van der Waals surface area contributed by atoms with Crippen LogP contribution in [-0.4, -0.2) is 43.8 Å². The molecule has 4 rings (SSSR count). The number of hydrogen-bond donors (Lipinski definition) is 5. The summed E-state index contributed by atoms with van der Waals surface area (Å²) in [6.07, 6.45) is 6.11. The van der Waals surface area contributed by atoms with Crippen molar-refractivity contribution in [1.29, 1.82) is 0 Å². The number of carbonyl (C=O) groups excluding carboxylic acids is 3. The third-order valence-electron chi connectivity index (χ3n) is 6.95. The van der Waals surface area contributed by atoms with Gasteiger partial charge in [0.2, 0.25) is 17.7 Å². The predicted molar refractivity (Wildman–Crippen MR) is 161 cm³/mol. The molecule has 0 fully saturated rings. The van der Waals surface area contributed by atoms with Crippen LogP contribution < -0.4 is 10.6 Å². The predicted octanol–water partition coefficient (Wildman–Crippen LogP) is 5.08. The van der Waals surface area contributed by atoms with Crippen molar-refractivity contribution in [3.05, 3.63) is 107 Å². The molecule has 5 N–H and O–H groups in total. The second kappa shape index (κ2) is 13.5. The zero-order valence-electron chi connectivity index (χ0n) is 23.7. The quantitative estimate of drug-likeness (QED) is 0.126. The van der Waals surface area contributed by atoms with Crippen LogP contribution in [0.5, 0.6) is 11.8 Å². The Labute approximate surface area is 244 Å². The highest BCUT2D eigenvalue weighted by atomic mass is 16.3. The largest absolute Gasteiger partial charge is 0.494 e. The fourth-order valence-electron chi connectivity index (χ4n) is 4.62. The summed E-state index contributed by atoms with van der Waals surface area (Å²) in [5, 5.41) is 25.6. The Kier molecular flexibility index (Phi) is 9.54. The number of aromatic nitrogens is 2. The third kappa shape index (κ3) is 7.31. The molecule has 2 atom stereocenters. The first-order valence-electron chi connectivity index (χ1n) is 13.6. The summed E-state index contributed by atoms with van der Waals surface area (Å²) in [5.74, 6) is -2.51. The molecular weight excluding hydrogens is 532 g/mol. The number of benzene rings is 2. The molecule has 0 saturated carbocycles. The fourth-order valence-corrected chi connectivity index (χ4v) is 4.62. The Morgan fingerprint density at radius 3 is 2.19 bits per heavy atom. The zero-order chi connectivity index (χ0) is 30.2. The SMILES string of the molecule is Cc1c(O)[nH]c(O)c1C(=O)[C@@H](NC(=O)CC(NC(=O)C=Cc1ccc(-c2ccccc2)cc1)c1cccnc1)C(C)C. The highest BCUT2D eigenvalue weighted by Crippen LogP contribution is 2.30. The van der Waals surface area contributed by atoms with Gasteiger partial charge in [0.25, 0.3) is 0 Å². The summed E-state index contributed by atoms with van der Waals surface area (Å²) < 4.78 is 0. The molecule has 1 unspecified atom stereocenters. The van der Waals surface area contributed by atoms with E-state index in [0.29, 0.717) is 5.56 Å². The number of carbonyl (C=O) groups is 3.